The maximum absolute atomic E-state index is 13.8. The highest BCUT2D eigenvalue weighted by atomic mass is 35.5. The fourth-order valence-corrected chi connectivity index (χ4v) is 6.14. The van der Waals surface area contributed by atoms with Gasteiger partial charge in [-0.3, -0.25) is 9.59 Å². The summed E-state index contributed by atoms with van der Waals surface area (Å²) in [5.41, 5.74) is 4.96. The van der Waals surface area contributed by atoms with Gasteiger partial charge in [0.1, 0.15) is 0 Å². The molecular formula is C27H20ClNO4. The van der Waals surface area contributed by atoms with Gasteiger partial charge in [-0.1, -0.05) is 60.1 Å². The predicted molar refractivity (Wildman–Crippen MR) is 123 cm³/mol. The Morgan fingerprint density at radius 3 is 1.79 bits per heavy atom. The van der Waals surface area contributed by atoms with Gasteiger partial charge >= 0.3 is 5.97 Å². The monoisotopic (exact) mass is 457 g/mol. The van der Waals surface area contributed by atoms with Gasteiger partial charge in [0.15, 0.2) is 0 Å². The summed E-state index contributed by atoms with van der Waals surface area (Å²) in [6.45, 7) is 1.91. The molecule has 0 saturated carbocycles. The Morgan fingerprint density at radius 1 is 0.848 bits per heavy atom. The largest absolute Gasteiger partial charge is 0.462 e. The number of carbonyl (C=O) groups is 3. The lowest BCUT2D eigenvalue weighted by Gasteiger charge is -2.45. The van der Waals surface area contributed by atoms with Gasteiger partial charge in [-0.05, 0) is 47.4 Å². The maximum atomic E-state index is 13.8. The van der Waals surface area contributed by atoms with E-state index < -0.39 is 17.8 Å². The molecule has 3 aliphatic carbocycles. The van der Waals surface area contributed by atoms with Crippen LogP contribution in [0, 0.1) is 11.8 Å². The molecule has 1 heterocycles. The van der Waals surface area contributed by atoms with E-state index in [0.717, 1.165) is 22.3 Å². The van der Waals surface area contributed by atoms with Crippen molar-refractivity contribution in [2.45, 2.75) is 18.8 Å². The first-order valence-electron chi connectivity index (χ1n) is 11.0. The molecule has 2 atom stereocenters. The van der Waals surface area contributed by atoms with Gasteiger partial charge in [0, 0.05) is 11.8 Å². The van der Waals surface area contributed by atoms with E-state index in [-0.39, 0.29) is 40.8 Å². The van der Waals surface area contributed by atoms with Crippen molar-refractivity contribution in [3.63, 3.8) is 0 Å². The minimum Gasteiger partial charge on any atom is -0.462 e. The Hall–Kier alpha value is -3.44. The first-order chi connectivity index (χ1) is 16.0. The minimum absolute atomic E-state index is 0.140. The summed E-state index contributed by atoms with van der Waals surface area (Å²) in [7, 11) is 0. The molecule has 33 heavy (non-hydrogen) atoms. The van der Waals surface area contributed by atoms with Gasteiger partial charge in [0.05, 0.1) is 34.7 Å². The van der Waals surface area contributed by atoms with Crippen LogP contribution in [0.5, 0.6) is 0 Å². The fraction of sp³-hybridized carbons (Fsp3) is 0.222. The van der Waals surface area contributed by atoms with E-state index in [1.54, 1.807) is 13.0 Å². The van der Waals surface area contributed by atoms with Gasteiger partial charge in [-0.25, -0.2) is 9.69 Å². The third-order valence-electron chi connectivity index (χ3n) is 7.15. The number of hydrogen-bond donors (Lipinski definition) is 0. The third kappa shape index (κ3) is 2.69. The minimum atomic E-state index is -0.583. The molecule has 6 heteroatoms. The molecular weight excluding hydrogens is 438 g/mol. The number of anilines is 1. The van der Waals surface area contributed by atoms with Crippen LogP contribution in [0.25, 0.3) is 0 Å². The molecule has 164 valence electrons. The van der Waals surface area contributed by atoms with E-state index in [2.05, 4.69) is 24.3 Å². The summed E-state index contributed by atoms with van der Waals surface area (Å²) < 4.78 is 5.09. The van der Waals surface area contributed by atoms with E-state index in [9.17, 15) is 14.4 Å². The van der Waals surface area contributed by atoms with Gasteiger partial charge in [-0.2, -0.15) is 0 Å². The molecule has 0 spiro atoms. The summed E-state index contributed by atoms with van der Waals surface area (Å²) in [6.07, 6.45) is 0. The number of nitrogens with zero attached hydrogens (tertiary/aromatic N) is 1. The quantitative estimate of drug-likeness (QED) is 0.414. The molecule has 5 nitrogen and oxygen atoms in total. The Morgan fingerprint density at radius 2 is 1.33 bits per heavy atom. The van der Waals surface area contributed by atoms with Crippen molar-refractivity contribution in [3.05, 3.63) is 99.6 Å². The summed E-state index contributed by atoms with van der Waals surface area (Å²) in [4.78, 5) is 41.2. The SMILES string of the molecule is CCOC(=O)c1cc(N2C(=O)[C@H]3C4c5ccccc5C(c5ccccc54)[C@@H]3C2=O)ccc1Cl. The predicted octanol–water partition coefficient (Wildman–Crippen LogP) is 4.91. The molecule has 0 N–H and O–H groups in total. The van der Waals surface area contributed by atoms with Crippen molar-refractivity contribution in [1.82, 2.24) is 0 Å². The molecule has 1 saturated heterocycles. The summed E-state index contributed by atoms with van der Waals surface area (Å²) in [6, 6.07) is 20.9. The van der Waals surface area contributed by atoms with E-state index in [4.69, 9.17) is 16.3 Å². The fourth-order valence-electron chi connectivity index (χ4n) is 5.95. The number of halogens is 1. The van der Waals surface area contributed by atoms with E-state index in [1.165, 1.54) is 17.0 Å². The van der Waals surface area contributed by atoms with E-state index in [1.807, 2.05) is 24.3 Å². The Labute approximate surface area is 195 Å². The average Bonchev–Trinajstić information content (AvgIpc) is 3.10. The average molecular weight is 458 g/mol. The second-order valence-corrected chi connectivity index (χ2v) is 9.07. The number of benzene rings is 3. The number of imide groups is 1. The zero-order valence-electron chi connectivity index (χ0n) is 17.8. The zero-order chi connectivity index (χ0) is 22.9. The smallest absolute Gasteiger partial charge is 0.339 e. The lowest BCUT2D eigenvalue weighted by molar-refractivity contribution is -0.122. The molecule has 1 aliphatic heterocycles. The van der Waals surface area contributed by atoms with Gasteiger partial charge in [-0.15, -0.1) is 0 Å². The van der Waals surface area contributed by atoms with E-state index in [0.29, 0.717) is 5.69 Å². The van der Waals surface area contributed by atoms with Crippen molar-refractivity contribution in [1.29, 1.82) is 0 Å². The molecule has 1 fully saturated rings. The second kappa shape index (κ2) is 7.29. The molecule has 3 aromatic rings. The van der Waals surface area contributed by atoms with Crippen LogP contribution in [0.3, 0.4) is 0 Å². The highest BCUT2D eigenvalue weighted by molar-refractivity contribution is 6.34. The Balaban J connectivity index is 1.49. The maximum Gasteiger partial charge on any atom is 0.339 e. The summed E-state index contributed by atoms with van der Waals surface area (Å²) in [5, 5.41) is 0.216. The van der Waals surface area contributed by atoms with Crippen LogP contribution >= 0.6 is 11.6 Å². The number of ether oxygens (including phenoxy) is 1. The van der Waals surface area contributed by atoms with Crippen molar-refractivity contribution in [2.24, 2.45) is 11.8 Å². The van der Waals surface area contributed by atoms with Crippen molar-refractivity contribution >= 4 is 35.1 Å². The highest BCUT2D eigenvalue weighted by Gasteiger charge is 2.61. The molecule has 3 aromatic carbocycles. The van der Waals surface area contributed by atoms with Crippen molar-refractivity contribution in [2.75, 3.05) is 11.5 Å². The number of rotatable bonds is 3. The summed E-state index contributed by atoms with van der Waals surface area (Å²) >= 11 is 6.22. The lowest BCUT2D eigenvalue weighted by atomic mass is 9.55. The topological polar surface area (TPSA) is 63.7 Å². The van der Waals surface area contributed by atoms with Crippen LogP contribution in [-0.4, -0.2) is 24.4 Å². The molecule has 0 aromatic heterocycles. The Bertz CT molecular complexity index is 1230. The molecule has 0 radical (unpaired) electrons. The normalized spacial score (nSPS) is 24.4. The zero-order valence-corrected chi connectivity index (χ0v) is 18.6. The van der Waals surface area contributed by atoms with Crippen LogP contribution in [0.2, 0.25) is 5.02 Å². The molecule has 4 aliphatic rings. The van der Waals surface area contributed by atoms with E-state index >= 15 is 0 Å². The van der Waals surface area contributed by atoms with Gasteiger partial charge in [0.25, 0.3) is 0 Å². The molecule has 7 rings (SSSR count). The number of amides is 2. The first-order valence-corrected chi connectivity index (χ1v) is 11.4. The molecule has 0 unspecified atom stereocenters. The van der Waals surface area contributed by atoms with Crippen molar-refractivity contribution < 1.29 is 19.1 Å². The second-order valence-electron chi connectivity index (χ2n) is 8.66. The number of carbonyl (C=O) groups excluding carboxylic acids is 3. The van der Waals surface area contributed by atoms with Crippen LogP contribution in [-0.2, 0) is 14.3 Å². The highest BCUT2D eigenvalue weighted by Crippen LogP contribution is 2.61. The summed E-state index contributed by atoms with van der Waals surface area (Å²) in [5.74, 6) is -2.36. The number of hydrogen-bond acceptors (Lipinski definition) is 4. The molecule has 2 bridgehead atoms. The molecule has 2 amide bonds. The van der Waals surface area contributed by atoms with Crippen LogP contribution < -0.4 is 4.90 Å². The van der Waals surface area contributed by atoms with Gasteiger partial charge < -0.3 is 4.74 Å². The Kier molecular flexibility index (Phi) is 4.46. The third-order valence-corrected chi connectivity index (χ3v) is 7.48. The van der Waals surface area contributed by atoms with Crippen LogP contribution in [0.15, 0.2) is 66.7 Å². The van der Waals surface area contributed by atoms with Gasteiger partial charge in [0.2, 0.25) is 11.8 Å². The first kappa shape index (κ1) is 20.2. The van der Waals surface area contributed by atoms with Crippen LogP contribution in [0.4, 0.5) is 5.69 Å². The van der Waals surface area contributed by atoms with Crippen LogP contribution in [0.1, 0.15) is 51.4 Å². The standard InChI is InChI=1S/C27H20ClNO4/c1-2-33-27(32)19-13-14(11-12-20(19)28)29-25(30)23-21-15-7-3-4-8-16(15)22(24(23)26(29)31)18-10-6-5-9-17(18)21/h3-13,21-24H,2H2,1H3/t21?,22?,23-,24-/m0/s1. The number of esters is 1. The lowest BCUT2D eigenvalue weighted by Crippen LogP contribution is -2.41. The van der Waals surface area contributed by atoms with Crippen molar-refractivity contribution in [3.8, 4) is 0 Å².